The fourth-order valence-corrected chi connectivity index (χ4v) is 3.16. The molecule has 1 N–H and O–H groups in total. The Morgan fingerprint density at radius 3 is 2.50 bits per heavy atom. The van der Waals surface area contributed by atoms with Crippen molar-refractivity contribution in [1.29, 1.82) is 0 Å². The van der Waals surface area contributed by atoms with Gasteiger partial charge in [-0.15, -0.1) is 11.3 Å². The predicted octanol–water partition coefficient (Wildman–Crippen LogP) is 2.63. The van der Waals surface area contributed by atoms with Crippen molar-refractivity contribution in [2.45, 2.75) is 13.5 Å². The molecular formula is C19H20N2O6S. The van der Waals surface area contributed by atoms with Crippen molar-refractivity contribution in [1.82, 2.24) is 5.32 Å². The number of para-hydroxylation sites is 1. The number of hydrogen-bond donors (Lipinski definition) is 1. The van der Waals surface area contributed by atoms with Crippen LogP contribution in [0.15, 0.2) is 36.4 Å². The summed E-state index contributed by atoms with van der Waals surface area (Å²) in [5.74, 6) is -1.24. The molecule has 1 aromatic heterocycles. The van der Waals surface area contributed by atoms with E-state index in [-0.39, 0.29) is 17.3 Å². The molecule has 0 fully saturated rings. The topological polar surface area (TPSA) is 102 Å². The van der Waals surface area contributed by atoms with Gasteiger partial charge in [0.15, 0.2) is 6.61 Å². The minimum atomic E-state index is -0.727. The van der Waals surface area contributed by atoms with Crippen molar-refractivity contribution in [3.63, 3.8) is 0 Å². The second kappa shape index (κ2) is 9.65. The zero-order chi connectivity index (χ0) is 20.7. The van der Waals surface area contributed by atoms with Crippen LogP contribution in [0, 0.1) is 0 Å². The average Bonchev–Trinajstić information content (AvgIpc) is 3.18. The van der Waals surface area contributed by atoms with Gasteiger partial charge >= 0.3 is 12.1 Å². The molecule has 0 saturated heterocycles. The molecule has 0 spiro atoms. The van der Waals surface area contributed by atoms with Gasteiger partial charge in [-0.05, 0) is 24.3 Å². The molecule has 1 aromatic carbocycles. The van der Waals surface area contributed by atoms with Crippen molar-refractivity contribution in [3.05, 3.63) is 51.7 Å². The number of ketones is 1. The highest BCUT2D eigenvalue weighted by Crippen LogP contribution is 2.21. The Morgan fingerprint density at radius 1 is 1.11 bits per heavy atom. The Hall–Kier alpha value is -3.20. The van der Waals surface area contributed by atoms with E-state index < -0.39 is 18.7 Å². The van der Waals surface area contributed by atoms with E-state index in [9.17, 15) is 19.2 Å². The summed E-state index contributed by atoms with van der Waals surface area (Å²) in [7, 11) is 2.70. The molecule has 2 rings (SSSR count). The third-order valence-corrected chi connectivity index (χ3v) is 4.84. The van der Waals surface area contributed by atoms with E-state index in [1.54, 1.807) is 30.3 Å². The number of methoxy groups -OCH3 is 1. The summed E-state index contributed by atoms with van der Waals surface area (Å²) in [6.07, 6.45) is -0.637. The van der Waals surface area contributed by atoms with E-state index in [0.717, 1.165) is 4.88 Å². The summed E-state index contributed by atoms with van der Waals surface area (Å²) in [4.78, 5) is 49.7. The molecule has 0 saturated carbocycles. The molecule has 0 aliphatic carbocycles. The van der Waals surface area contributed by atoms with Gasteiger partial charge in [0.1, 0.15) is 0 Å². The molecule has 9 heteroatoms. The van der Waals surface area contributed by atoms with E-state index in [1.807, 2.05) is 0 Å². The molecular weight excluding hydrogens is 384 g/mol. The van der Waals surface area contributed by atoms with Gasteiger partial charge < -0.3 is 14.8 Å². The average molecular weight is 404 g/mol. The highest BCUT2D eigenvalue weighted by molar-refractivity contribution is 7.14. The minimum absolute atomic E-state index is 0.140. The molecule has 0 atom stereocenters. The normalized spacial score (nSPS) is 10.1. The number of benzene rings is 1. The number of carbonyl (C=O) groups excluding carboxylic acids is 4. The fourth-order valence-electron chi connectivity index (χ4n) is 2.29. The first-order chi connectivity index (χ1) is 13.3. The van der Waals surface area contributed by atoms with Crippen molar-refractivity contribution >= 4 is 40.8 Å². The van der Waals surface area contributed by atoms with Gasteiger partial charge in [-0.25, -0.2) is 9.59 Å². The van der Waals surface area contributed by atoms with Crippen molar-refractivity contribution in [2.75, 3.05) is 25.7 Å². The number of rotatable bonds is 7. The number of anilines is 1. The SMILES string of the molecule is COC(=O)N(C)c1ccccc1C(=O)OCC(=O)c1ccc(CNC(C)=O)s1. The maximum absolute atomic E-state index is 12.4. The van der Waals surface area contributed by atoms with Gasteiger partial charge in [0.2, 0.25) is 11.7 Å². The zero-order valence-corrected chi connectivity index (χ0v) is 16.5. The predicted molar refractivity (Wildman–Crippen MR) is 104 cm³/mol. The maximum atomic E-state index is 12.4. The molecule has 28 heavy (non-hydrogen) atoms. The van der Waals surface area contributed by atoms with Crippen LogP contribution in [0.2, 0.25) is 0 Å². The first kappa shape index (κ1) is 21.1. The van der Waals surface area contributed by atoms with Crippen LogP contribution < -0.4 is 10.2 Å². The lowest BCUT2D eigenvalue weighted by Crippen LogP contribution is -2.28. The molecule has 0 radical (unpaired) electrons. The number of ether oxygens (including phenoxy) is 2. The number of nitrogens with one attached hydrogen (secondary N) is 1. The van der Waals surface area contributed by atoms with Crippen LogP contribution in [0.3, 0.4) is 0 Å². The number of nitrogens with zero attached hydrogens (tertiary/aromatic N) is 1. The van der Waals surface area contributed by atoms with Gasteiger partial charge in [0.25, 0.3) is 0 Å². The Balaban J connectivity index is 2.02. The Morgan fingerprint density at radius 2 is 1.82 bits per heavy atom. The Bertz CT molecular complexity index is 892. The maximum Gasteiger partial charge on any atom is 0.413 e. The monoisotopic (exact) mass is 404 g/mol. The molecule has 0 bridgehead atoms. The van der Waals surface area contributed by atoms with Crippen LogP contribution in [0.25, 0.3) is 0 Å². The number of Topliss-reactive ketones (excluding diaryl/α,β-unsaturated/α-hetero) is 1. The van der Waals surface area contributed by atoms with Crippen LogP contribution in [0.1, 0.15) is 31.8 Å². The summed E-state index contributed by atoms with van der Waals surface area (Å²) in [5.41, 5.74) is 0.446. The van der Waals surface area contributed by atoms with E-state index in [1.165, 1.54) is 43.4 Å². The fraction of sp³-hybridized carbons (Fsp3) is 0.263. The summed E-state index contributed by atoms with van der Waals surface area (Å²) >= 11 is 1.22. The van der Waals surface area contributed by atoms with Gasteiger partial charge in [0.05, 0.1) is 29.8 Å². The smallest absolute Gasteiger partial charge is 0.413 e. The van der Waals surface area contributed by atoms with E-state index in [4.69, 9.17) is 4.74 Å². The van der Waals surface area contributed by atoms with Crippen LogP contribution >= 0.6 is 11.3 Å². The van der Waals surface area contributed by atoms with Crippen molar-refractivity contribution in [2.24, 2.45) is 0 Å². The molecule has 0 aliphatic heterocycles. The largest absolute Gasteiger partial charge is 0.454 e. The summed E-state index contributed by atoms with van der Waals surface area (Å²) in [6.45, 7) is 1.31. The third kappa shape index (κ3) is 5.40. The zero-order valence-electron chi connectivity index (χ0n) is 15.7. The standard InChI is InChI=1S/C19H20N2O6S/c1-12(22)20-10-13-8-9-17(28-13)16(23)11-27-18(24)14-6-4-5-7-15(14)21(2)19(25)26-3/h4-9H,10-11H2,1-3H3,(H,20,22). The lowest BCUT2D eigenvalue weighted by atomic mass is 10.1. The number of hydrogen-bond acceptors (Lipinski definition) is 7. The lowest BCUT2D eigenvalue weighted by molar-refractivity contribution is -0.119. The first-order valence-electron chi connectivity index (χ1n) is 8.27. The number of carbonyl (C=O) groups is 4. The van der Waals surface area contributed by atoms with Crippen LogP contribution in [-0.4, -0.2) is 44.5 Å². The molecule has 8 nitrogen and oxygen atoms in total. The van der Waals surface area contributed by atoms with Crippen LogP contribution in [-0.2, 0) is 20.8 Å². The molecule has 0 aliphatic rings. The van der Waals surface area contributed by atoms with Gasteiger partial charge in [-0.2, -0.15) is 0 Å². The van der Waals surface area contributed by atoms with Crippen molar-refractivity contribution < 1.29 is 28.7 Å². The number of esters is 1. The second-order valence-electron chi connectivity index (χ2n) is 5.72. The third-order valence-electron chi connectivity index (χ3n) is 3.72. The summed E-state index contributed by atoms with van der Waals surface area (Å²) in [6, 6.07) is 9.72. The highest BCUT2D eigenvalue weighted by Gasteiger charge is 2.21. The van der Waals surface area contributed by atoms with Crippen molar-refractivity contribution in [3.8, 4) is 0 Å². The Kier molecular flexibility index (Phi) is 7.28. The Labute approximate surface area is 166 Å². The summed E-state index contributed by atoms with van der Waals surface area (Å²) in [5, 5.41) is 2.65. The molecule has 2 amide bonds. The molecule has 2 aromatic rings. The van der Waals surface area contributed by atoms with E-state index in [0.29, 0.717) is 17.1 Å². The molecule has 148 valence electrons. The van der Waals surface area contributed by atoms with Crippen LogP contribution in [0.5, 0.6) is 0 Å². The molecule has 0 unspecified atom stereocenters. The summed E-state index contributed by atoms with van der Waals surface area (Å²) < 4.78 is 9.78. The van der Waals surface area contributed by atoms with Crippen LogP contribution in [0.4, 0.5) is 10.5 Å². The lowest BCUT2D eigenvalue weighted by Gasteiger charge is -2.18. The minimum Gasteiger partial charge on any atom is -0.454 e. The number of amides is 2. The second-order valence-corrected chi connectivity index (χ2v) is 6.89. The highest BCUT2D eigenvalue weighted by atomic mass is 32.1. The van der Waals surface area contributed by atoms with E-state index >= 15 is 0 Å². The molecule has 1 heterocycles. The van der Waals surface area contributed by atoms with E-state index in [2.05, 4.69) is 10.1 Å². The first-order valence-corrected chi connectivity index (χ1v) is 9.09. The quantitative estimate of drug-likeness (QED) is 0.562. The van der Waals surface area contributed by atoms with Gasteiger partial charge in [0, 0.05) is 18.8 Å². The van der Waals surface area contributed by atoms with Gasteiger partial charge in [-0.3, -0.25) is 14.5 Å². The van der Waals surface area contributed by atoms with Gasteiger partial charge in [-0.1, -0.05) is 12.1 Å². The number of thiophene rings is 1.